The number of para-hydroxylation sites is 1. The van der Waals surface area contributed by atoms with E-state index in [-0.39, 0.29) is 0 Å². The van der Waals surface area contributed by atoms with Crippen LogP contribution in [0.1, 0.15) is 31.2 Å². The SMILES string of the molecule is C1=C[C@@H](C2CCCC2)Oc2ccccc21. The summed E-state index contributed by atoms with van der Waals surface area (Å²) in [6.07, 6.45) is 10.2. The molecule has 0 amide bonds. The molecule has 1 aromatic carbocycles. The summed E-state index contributed by atoms with van der Waals surface area (Å²) in [6.45, 7) is 0. The monoisotopic (exact) mass is 200 g/mol. The summed E-state index contributed by atoms with van der Waals surface area (Å²) in [5.74, 6) is 1.80. The Hall–Kier alpha value is -1.24. The fourth-order valence-corrected chi connectivity index (χ4v) is 2.65. The van der Waals surface area contributed by atoms with Crippen molar-refractivity contribution in [2.45, 2.75) is 31.8 Å². The van der Waals surface area contributed by atoms with Gasteiger partial charge in [-0.05, 0) is 30.9 Å². The van der Waals surface area contributed by atoms with E-state index < -0.39 is 0 Å². The summed E-state index contributed by atoms with van der Waals surface area (Å²) >= 11 is 0. The van der Waals surface area contributed by atoms with Crippen LogP contribution in [-0.2, 0) is 0 Å². The Labute approximate surface area is 90.8 Å². The highest BCUT2D eigenvalue weighted by atomic mass is 16.5. The lowest BCUT2D eigenvalue weighted by atomic mass is 9.97. The molecule has 0 N–H and O–H groups in total. The summed E-state index contributed by atoms with van der Waals surface area (Å²) < 4.78 is 6.03. The first-order valence-electron chi connectivity index (χ1n) is 5.87. The highest BCUT2D eigenvalue weighted by Gasteiger charge is 2.26. The van der Waals surface area contributed by atoms with Crippen LogP contribution in [0.2, 0.25) is 0 Å². The van der Waals surface area contributed by atoms with Gasteiger partial charge in [0.05, 0.1) is 0 Å². The Morgan fingerprint density at radius 1 is 1.07 bits per heavy atom. The number of hydrogen-bond donors (Lipinski definition) is 0. The lowest BCUT2D eigenvalue weighted by molar-refractivity contribution is 0.178. The van der Waals surface area contributed by atoms with E-state index >= 15 is 0 Å². The largest absolute Gasteiger partial charge is 0.485 e. The van der Waals surface area contributed by atoms with Crippen molar-refractivity contribution in [1.82, 2.24) is 0 Å². The average molecular weight is 200 g/mol. The molecule has 3 rings (SSSR count). The molecule has 0 bridgehead atoms. The zero-order valence-electron chi connectivity index (χ0n) is 8.86. The lowest BCUT2D eigenvalue weighted by Gasteiger charge is -2.25. The summed E-state index contributed by atoms with van der Waals surface area (Å²) in [7, 11) is 0. The van der Waals surface area contributed by atoms with Crippen molar-refractivity contribution in [2.75, 3.05) is 0 Å². The number of ether oxygens (including phenoxy) is 1. The number of rotatable bonds is 1. The van der Waals surface area contributed by atoms with Crippen LogP contribution in [0.15, 0.2) is 30.3 Å². The quantitative estimate of drug-likeness (QED) is 0.672. The van der Waals surface area contributed by atoms with E-state index in [2.05, 4.69) is 30.4 Å². The molecule has 78 valence electrons. The Morgan fingerprint density at radius 3 is 2.73 bits per heavy atom. The number of benzene rings is 1. The van der Waals surface area contributed by atoms with Crippen molar-refractivity contribution in [3.05, 3.63) is 35.9 Å². The predicted molar refractivity (Wildman–Crippen MR) is 61.9 cm³/mol. The Bertz CT molecular complexity index is 375. The third-order valence-corrected chi connectivity index (χ3v) is 3.51. The van der Waals surface area contributed by atoms with Gasteiger partial charge >= 0.3 is 0 Å². The molecule has 1 heterocycles. The molecule has 1 aliphatic carbocycles. The van der Waals surface area contributed by atoms with Crippen molar-refractivity contribution in [3.8, 4) is 5.75 Å². The minimum absolute atomic E-state index is 0.322. The van der Waals surface area contributed by atoms with Gasteiger partial charge in [0.2, 0.25) is 0 Å². The Kier molecular flexibility index (Phi) is 2.24. The second-order valence-corrected chi connectivity index (χ2v) is 4.52. The van der Waals surface area contributed by atoms with Crippen LogP contribution < -0.4 is 4.74 Å². The summed E-state index contributed by atoms with van der Waals surface area (Å²) in [5.41, 5.74) is 1.21. The maximum Gasteiger partial charge on any atom is 0.127 e. The van der Waals surface area contributed by atoms with Crippen LogP contribution in [0.25, 0.3) is 6.08 Å². The molecule has 0 radical (unpaired) electrons. The lowest BCUT2D eigenvalue weighted by Crippen LogP contribution is -2.24. The standard InChI is InChI=1S/C14H16O/c1-2-6-11(5-1)14-10-9-12-7-3-4-8-13(12)15-14/h3-4,7-11,14H,1-2,5-6H2/t14-/m0/s1. The van der Waals surface area contributed by atoms with E-state index in [4.69, 9.17) is 4.74 Å². The van der Waals surface area contributed by atoms with Crippen molar-refractivity contribution >= 4 is 6.08 Å². The van der Waals surface area contributed by atoms with Crippen LogP contribution in [-0.4, -0.2) is 6.10 Å². The first kappa shape index (κ1) is 9.02. The van der Waals surface area contributed by atoms with E-state index in [0.717, 1.165) is 11.7 Å². The van der Waals surface area contributed by atoms with Crippen LogP contribution in [0.5, 0.6) is 5.75 Å². The van der Waals surface area contributed by atoms with Crippen molar-refractivity contribution < 1.29 is 4.74 Å². The molecule has 15 heavy (non-hydrogen) atoms. The van der Waals surface area contributed by atoms with E-state index in [0.29, 0.717) is 6.10 Å². The van der Waals surface area contributed by atoms with Crippen LogP contribution in [0, 0.1) is 5.92 Å². The van der Waals surface area contributed by atoms with E-state index in [1.165, 1.54) is 31.2 Å². The van der Waals surface area contributed by atoms with Crippen molar-refractivity contribution in [2.24, 2.45) is 5.92 Å². The van der Waals surface area contributed by atoms with Gasteiger partial charge in [0.15, 0.2) is 0 Å². The topological polar surface area (TPSA) is 9.23 Å². The fourth-order valence-electron chi connectivity index (χ4n) is 2.65. The smallest absolute Gasteiger partial charge is 0.127 e. The number of fused-ring (bicyclic) bond motifs is 1. The van der Waals surface area contributed by atoms with Crippen molar-refractivity contribution in [1.29, 1.82) is 0 Å². The van der Waals surface area contributed by atoms with Gasteiger partial charge in [-0.15, -0.1) is 0 Å². The van der Waals surface area contributed by atoms with Gasteiger partial charge in [-0.2, -0.15) is 0 Å². The molecule has 2 aliphatic rings. The van der Waals surface area contributed by atoms with E-state index in [9.17, 15) is 0 Å². The maximum absolute atomic E-state index is 6.03. The molecule has 1 fully saturated rings. The summed E-state index contributed by atoms with van der Waals surface area (Å²) in [4.78, 5) is 0. The Balaban J connectivity index is 1.82. The number of hydrogen-bond acceptors (Lipinski definition) is 1. The third kappa shape index (κ3) is 1.67. The molecule has 0 aromatic heterocycles. The van der Waals surface area contributed by atoms with Crippen LogP contribution >= 0.6 is 0 Å². The van der Waals surface area contributed by atoms with Gasteiger partial charge in [-0.25, -0.2) is 0 Å². The zero-order chi connectivity index (χ0) is 10.1. The van der Waals surface area contributed by atoms with E-state index in [1.807, 2.05) is 6.07 Å². The van der Waals surface area contributed by atoms with E-state index in [1.54, 1.807) is 0 Å². The maximum atomic E-state index is 6.03. The first-order valence-corrected chi connectivity index (χ1v) is 5.87. The van der Waals surface area contributed by atoms with Crippen LogP contribution in [0.3, 0.4) is 0 Å². The highest BCUT2D eigenvalue weighted by molar-refractivity contribution is 5.59. The molecule has 1 atom stereocenters. The third-order valence-electron chi connectivity index (χ3n) is 3.51. The molecule has 0 unspecified atom stereocenters. The van der Waals surface area contributed by atoms with Crippen molar-refractivity contribution in [3.63, 3.8) is 0 Å². The predicted octanol–water partition coefficient (Wildman–Crippen LogP) is 3.65. The second-order valence-electron chi connectivity index (χ2n) is 4.52. The highest BCUT2D eigenvalue weighted by Crippen LogP contribution is 2.34. The Morgan fingerprint density at radius 2 is 1.87 bits per heavy atom. The summed E-state index contributed by atoms with van der Waals surface area (Å²) in [6, 6.07) is 8.28. The average Bonchev–Trinajstić information content (AvgIpc) is 2.82. The first-order chi connectivity index (χ1) is 7.43. The summed E-state index contributed by atoms with van der Waals surface area (Å²) in [5, 5.41) is 0. The molecular weight excluding hydrogens is 184 g/mol. The molecular formula is C14H16O. The normalized spacial score (nSPS) is 24.9. The molecule has 1 saturated carbocycles. The molecule has 0 saturated heterocycles. The van der Waals surface area contributed by atoms with Crippen LogP contribution in [0.4, 0.5) is 0 Å². The van der Waals surface area contributed by atoms with Gasteiger partial charge in [0, 0.05) is 5.56 Å². The minimum Gasteiger partial charge on any atom is -0.485 e. The molecule has 1 aromatic rings. The van der Waals surface area contributed by atoms with Gasteiger partial charge in [-0.1, -0.05) is 37.1 Å². The molecule has 1 heteroatoms. The van der Waals surface area contributed by atoms with Gasteiger partial charge < -0.3 is 4.74 Å². The molecule has 1 nitrogen and oxygen atoms in total. The van der Waals surface area contributed by atoms with Gasteiger partial charge in [0.25, 0.3) is 0 Å². The second kappa shape index (κ2) is 3.73. The zero-order valence-corrected chi connectivity index (χ0v) is 8.86. The molecule has 1 aliphatic heterocycles. The van der Waals surface area contributed by atoms with Gasteiger partial charge in [-0.3, -0.25) is 0 Å². The van der Waals surface area contributed by atoms with Gasteiger partial charge in [0.1, 0.15) is 11.9 Å². The molecule has 0 spiro atoms. The minimum atomic E-state index is 0.322. The fraction of sp³-hybridized carbons (Fsp3) is 0.429.